The fourth-order valence-electron chi connectivity index (χ4n) is 10.0. The molecule has 0 unspecified atom stereocenters. The predicted octanol–water partition coefficient (Wildman–Crippen LogP) is 18.0. The molecule has 0 N–H and O–H groups in total. The molecule has 3 nitrogen and oxygen atoms in total. The van der Waals surface area contributed by atoms with Gasteiger partial charge in [0.1, 0.15) is 0 Å². The zero-order valence-electron chi connectivity index (χ0n) is 38.1. The second-order valence-electron chi connectivity index (χ2n) is 17.9. The van der Waals surface area contributed by atoms with E-state index < -0.39 is 0 Å². The summed E-state index contributed by atoms with van der Waals surface area (Å²) in [4.78, 5) is 7.20. The van der Waals surface area contributed by atoms with Crippen molar-refractivity contribution in [2.24, 2.45) is 0 Å². The molecule has 3 heteroatoms. The van der Waals surface area contributed by atoms with Crippen LogP contribution in [0.2, 0.25) is 0 Å². The topological polar surface area (TPSA) is 9.72 Å². The van der Waals surface area contributed by atoms with Crippen molar-refractivity contribution in [3.63, 3.8) is 0 Å². The number of anilines is 9. The van der Waals surface area contributed by atoms with Gasteiger partial charge in [-0.15, -0.1) is 0 Å². The maximum absolute atomic E-state index is 2.46. The summed E-state index contributed by atoms with van der Waals surface area (Å²) in [5.41, 5.74) is 20.7. The van der Waals surface area contributed by atoms with E-state index in [1.54, 1.807) is 0 Å². The zero-order valence-corrected chi connectivity index (χ0v) is 38.1. The Morgan fingerprint density at radius 2 is 0.642 bits per heavy atom. The van der Waals surface area contributed by atoms with Gasteiger partial charge in [-0.2, -0.15) is 0 Å². The zero-order chi connectivity index (χ0) is 45.3. The number of hydrogen-bond acceptors (Lipinski definition) is 3. The fraction of sp³-hybridized carbons (Fsp3) is 0.0625. The minimum absolute atomic E-state index is 0.192. The van der Waals surface area contributed by atoms with Gasteiger partial charge in [-0.1, -0.05) is 178 Å². The van der Waals surface area contributed by atoms with Crippen molar-refractivity contribution in [2.75, 3.05) is 14.7 Å². The predicted molar refractivity (Wildman–Crippen MR) is 284 cm³/mol. The molecule has 0 aromatic heterocycles. The number of hydrogen-bond donors (Lipinski definition) is 0. The molecule has 11 rings (SSSR count). The van der Waals surface area contributed by atoms with Crippen LogP contribution in [-0.4, -0.2) is 0 Å². The van der Waals surface area contributed by atoms with E-state index in [2.05, 4.69) is 290 Å². The molecule has 0 heterocycles. The molecule has 0 spiro atoms. The molecular weight excluding hydrogens is 811 g/mol. The van der Waals surface area contributed by atoms with E-state index in [1.807, 2.05) is 0 Å². The highest BCUT2D eigenvalue weighted by atomic mass is 15.2. The number of rotatable bonds is 11. The van der Waals surface area contributed by atoms with Crippen LogP contribution in [0, 0.1) is 6.92 Å². The Morgan fingerprint density at radius 1 is 0.269 bits per heavy atom. The maximum Gasteiger partial charge on any atom is 0.0503 e. The lowest BCUT2D eigenvalue weighted by Crippen LogP contribution is -2.18. The second-order valence-corrected chi connectivity index (χ2v) is 17.9. The number of fused-ring (bicyclic) bond motifs is 3. The summed E-state index contributed by atoms with van der Waals surface area (Å²) in [6, 6.07) is 92.3. The molecule has 67 heavy (non-hydrogen) atoms. The van der Waals surface area contributed by atoms with Crippen molar-refractivity contribution < 1.29 is 0 Å². The lowest BCUT2D eigenvalue weighted by Gasteiger charge is -2.33. The number of nitrogens with zero attached hydrogens (tertiary/aromatic N) is 3. The molecule has 0 saturated heterocycles. The molecule has 0 amide bonds. The Morgan fingerprint density at radius 3 is 1.13 bits per heavy atom. The molecule has 1 aliphatic rings. The van der Waals surface area contributed by atoms with Gasteiger partial charge in [0, 0.05) is 39.5 Å². The first-order valence-corrected chi connectivity index (χ1v) is 23.2. The van der Waals surface area contributed by atoms with Crippen LogP contribution in [0.25, 0.3) is 33.4 Å². The van der Waals surface area contributed by atoms with Crippen molar-refractivity contribution in [3.05, 3.63) is 271 Å². The van der Waals surface area contributed by atoms with E-state index >= 15 is 0 Å². The average Bonchev–Trinajstić information content (AvgIpc) is 3.62. The van der Waals surface area contributed by atoms with E-state index in [1.165, 1.54) is 38.9 Å². The summed E-state index contributed by atoms with van der Waals surface area (Å²) < 4.78 is 0. The third-order valence-electron chi connectivity index (χ3n) is 13.3. The van der Waals surface area contributed by atoms with Crippen molar-refractivity contribution in [1.29, 1.82) is 0 Å². The third-order valence-corrected chi connectivity index (χ3v) is 13.3. The quantitative estimate of drug-likeness (QED) is 0.128. The molecule has 0 radical (unpaired) electrons. The van der Waals surface area contributed by atoms with Crippen LogP contribution in [-0.2, 0) is 5.41 Å². The SMILES string of the molecule is Cc1cccc2c1-c1ccc(N(c3cccc(-c4ccc(-c5ccccc5)cc4)c3)c3cc(N(c4ccccc4)c4ccccc4)cc(N(c4ccccc4)c4ccccc4)c3)cc1C2(C)C. The standard InChI is InChI=1S/C64H51N3/c1-46-21-19-34-61-63(46)60-40-39-56(45-62(60)64(61,2)3)67(55-33-20-24-50(41-55)49-37-35-48(36-38-49)47-22-9-4-10-23-47)59-43-57(65(51-25-11-5-12-26-51)52-27-13-6-14-28-52)42-58(44-59)66(53-29-15-7-16-30-53)54-31-17-8-18-32-54/h4-45H,1-3H3. The Hall–Kier alpha value is -8.40. The highest BCUT2D eigenvalue weighted by Crippen LogP contribution is 2.53. The lowest BCUT2D eigenvalue weighted by molar-refractivity contribution is 0.660. The van der Waals surface area contributed by atoms with Gasteiger partial charge in [0.15, 0.2) is 0 Å². The van der Waals surface area contributed by atoms with E-state index in [4.69, 9.17) is 0 Å². The van der Waals surface area contributed by atoms with Crippen LogP contribution < -0.4 is 14.7 Å². The van der Waals surface area contributed by atoms with Crippen molar-refractivity contribution >= 4 is 51.2 Å². The third kappa shape index (κ3) is 7.85. The normalized spacial score (nSPS) is 12.2. The first-order chi connectivity index (χ1) is 32.9. The Kier molecular flexibility index (Phi) is 10.8. The molecule has 1 aliphatic carbocycles. The molecule has 0 bridgehead atoms. The van der Waals surface area contributed by atoms with E-state index in [-0.39, 0.29) is 5.41 Å². The van der Waals surface area contributed by atoms with Crippen LogP contribution in [0.4, 0.5) is 51.2 Å². The number of para-hydroxylation sites is 4. The molecule has 10 aromatic carbocycles. The summed E-state index contributed by atoms with van der Waals surface area (Å²) >= 11 is 0. The second kappa shape index (κ2) is 17.5. The van der Waals surface area contributed by atoms with Crippen molar-refractivity contribution in [1.82, 2.24) is 0 Å². The summed E-state index contributed by atoms with van der Waals surface area (Å²) in [5.74, 6) is 0. The van der Waals surface area contributed by atoms with Crippen LogP contribution >= 0.6 is 0 Å². The van der Waals surface area contributed by atoms with Crippen LogP contribution in [0.1, 0.15) is 30.5 Å². The smallest absolute Gasteiger partial charge is 0.0503 e. The Labute approximate surface area is 395 Å². The van der Waals surface area contributed by atoms with Gasteiger partial charge in [-0.3, -0.25) is 0 Å². The highest BCUT2D eigenvalue weighted by Gasteiger charge is 2.37. The van der Waals surface area contributed by atoms with Crippen LogP contribution in [0.5, 0.6) is 0 Å². The number of aryl methyl sites for hydroxylation is 1. The lowest BCUT2D eigenvalue weighted by atomic mass is 9.82. The Balaban J connectivity index is 1.16. The molecule has 0 atom stereocenters. The monoisotopic (exact) mass is 861 g/mol. The first-order valence-electron chi connectivity index (χ1n) is 23.2. The van der Waals surface area contributed by atoms with Crippen LogP contribution in [0.3, 0.4) is 0 Å². The minimum atomic E-state index is -0.192. The van der Waals surface area contributed by atoms with Gasteiger partial charge in [0.05, 0.1) is 17.1 Å². The van der Waals surface area contributed by atoms with Crippen molar-refractivity contribution in [3.8, 4) is 33.4 Å². The van der Waals surface area contributed by atoms with E-state index in [0.717, 1.165) is 62.3 Å². The van der Waals surface area contributed by atoms with Crippen LogP contribution in [0.15, 0.2) is 255 Å². The fourth-order valence-corrected chi connectivity index (χ4v) is 10.0. The first kappa shape index (κ1) is 41.3. The Bertz CT molecular complexity index is 3130. The summed E-state index contributed by atoms with van der Waals surface area (Å²) in [6.07, 6.45) is 0. The van der Waals surface area contributed by atoms with Gasteiger partial charge in [0.2, 0.25) is 0 Å². The summed E-state index contributed by atoms with van der Waals surface area (Å²) in [5, 5.41) is 0. The average molecular weight is 862 g/mol. The largest absolute Gasteiger partial charge is 0.310 e. The molecular formula is C64H51N3. The van der Waals surface area contributed by atoms with Crippen molar-refractivity contribution in [2.45, 2.75) is 26.2 Å². The van der Waals surface area contributed by atoms with E-state index in [9.17, 15) is 0 Å². The molecule has 0 aliphatic heterocycles. The summed E-state index contributed by atoms with van der Waals surface area (Å²) in [6.45, 7) is 6.99. The molecule has 0 saturated carbocycles. The summed E-state index contributed by atoms with van der Waals surface area (Å²) in [7, 11) is 0. The van der Waals surface area contributed by atoms with Gasteiger partial charge in [0.25, 0.3) is 0 Å². The highest BCUT2D eigenvalue weighted by molar-refractivity contribution is 5.92. The molecule has 10 aromatic rings. The van der Waals surface area contributed by atoms with Gasteiger partial charge < -0.3 is 14.7 Å². The van der Waals surface area contributed by atoms with Gasteiger partial charge in [-0.25, -0.2) is 0 Å². The van der Waals surface area contributed by atoms with Gasteiger partial charge in [-0.05, 0) is 148 Å². The maximum atomic E-state index is 2.46. The minimum Gasteiger partial charge on any atom is -0.310 e. The molecule has 322 valence electrons. The van der Waals surface area contributed by atoms with Gasteiger partial charge >= 0.3 is 0 Å². The molecule has 0 fully saturated rings. The van der Waals surface area contributed by atoms with E-state index in [0.29, 0.717) is 0 Å². The number of benzene rings is 10.